The van der Waals surface area contributed by atoms with Crippen molar-refractivity contribution < 1.29 is 14.3 Å². The number of rotatable bonds is 4. The van der Waals surface area contributed by atoms with E-state index in [-0.39, 0.29) is 12.0 Å². The maximum Gasteiger partial charge on any atom is 0.410 e. The second-order valence-electron chi connectivity index (χ2n) is 8.69. The zero-order valence-electron chi connectivity index (χ0n) is 18.9. The van der Waals surface area contributed by atoms with Gasteiger partial charge in [0.15, 0.2) is 0 Å². The standard InChI is InChI=1S/C23H27N7O3/c1-23(2,3)33-22(32)29-12-10-28(11-13-29)18-5-6-19(25-15-18)27-21(31)17-4-7-20(26-14-17)30-9-8-24-16-30/h4-9,14-16H,10-13H2,1-3H3,(H,25,27,31). The van der Waals surface area contributed by atoms with E-state index in [4.69, 9.17) is 4.74 Å². The van der Waals surface area contributed by atoms with Crippen LogP contribution in [0.25, 0.3) is 5.82 Å². The van der Waals surface area contributed by atoms with Gasteiger partial charge in [0.1, 0.15) is 23.6 Å². The highest BCUT2D eigenvalue weighted by Gasteiger charge is 2.26. The molecule has 3 aromatic rings. The molecule has 1 fully saturated rings. The lowest BCUT2D eigenvalue weighted by atomic mass is 10.2. The number of carbonyl (C=O) groups is 2. The van der Waals surface area contributed by atoms with Crippen LogP contribution in [0.4, 0.5) is 16.3 Å². The Labute approximate surface area is 192 Å². The first-order valence-electron chi connectivity index (χ1n) is 10.7. The van der Waals surface area contributed by atoms with Gasteiger partial charge in [-0.25, -0.2) is 19.7 Å². The van der Waals surface area contributed by atoms with Crippen LogP contribution in [0.5, 0.6) is 0 Å². The predicted octanol–water partition coefficient (Wildman–Crippen LogP) is 2.97. The van der Waals surface area contributed by atoms with Gasteiger partial charge in [0.25, 0.3) is 5.91 Å². The number of aromatic nitrogens is 4. The molecule has 0 spiro atoms. The van der Waals surface area contributed by atoms with Gasteiger partial charge in [-0.2, -0.15) is 0 Å². The highest BCUT2D eigenvalue weighted by atomic mass is 16.6. The molecule has 4 heterocycles. The van der Waals surface area contributed by atoms with Crippen molar-refractivity contribution in [2.45, 2.75) is 26.4 Å². The van der Waals surface area contributed by atoms with Gasteiger partial charge in [-0.1, -0.05) is 0 Å². The maximum absolute atomic E-state index is 12.5. The number of anilines is 2. The summed E-state index contributed by atoms with van der Waals surface area (Å²) in [5, 5.41) is 2.79. The Morgan fingerprint density at radius 2 is 1.79 bits per heavy atom. The third kappa shape index (κ3) is 5.65. The molecule has 1 aliphatic heterocycles. The minimum absolute atomic E-state index is 0.286. The molecule has 1 aliphatic rings. The number of carbonyl (C=O) groups excluding carboxylic acids is 2. The van der Waals surface area contributed by atoms with Gasteiger partial charge in [0.2, 0.25) is 0 Å². The SMILES string of the molecule is CC(C)(C)OC(=O)N1CCN(c2ccc(NC(=O)c3ccc(-n4ccnc4)nc3)nc2)CC1. The van der Waals surface area contributed by atoms with E-state index in [9.17, 15) is 9.59 Å². The van der Waals surface area contributed by atoms with Crippen molar-refractivity contribution in [3.8, 4) is 5.82 Å². The minimum atomic E-state index is -0.503. The second-order valence-corrected chi connectivity index (χ2v) is 8.69. The van der Waals surface area contributed by atoms with Gasteiger partial charge >= 0.3 is 6.09 Å². The Bertz CT molecular complexity index is 1080. The zero-order valence-corrected chi connectivity index (χ0v) is 18.9. The zero-order chi connectivity index (χ0) is 23.4. The van der Waals surface area contributed by atoms with Gasteiger partial charge in [0.05, 0.1) is 17.4 Å². The fourth-order valence-electron chi connectivity index (χ4n) is 3.38. The highest BCUT2D eigenvalue weighted by Crippen LogP contribution is 2.19. The van der Waals surface area contributed by atoms with Crippen LogP contribution in [-0.2, 0) is 4.74 Å². The van der Waals surface area contributed by atoms with E-state index >= 15 is 0 Å². The van der Waals surface area contributed by atoms with Crippen molar-refractivity contribution in [1.29, 1.82) is 0 Å². The molecule has 4 rings (SSSR count). The summed E-state index contributed by atoms with van der Waals surface area (Å²) in [6.45, 7) is 8.11. The van der Waals surface area contributed by atoms with Crippen LogP contribution in [0.3, 0.4) is 0 Å². The van der Waals surface area contributed by atoms with E-state index < -0.39 is 5.60 Å². The van der Waals surface area contributed by atoms with Crippen LogP contribution < -0.4 is 10.2 Å². The van der Waals surface area contributed by atoms with E-state index in [0.717, 1.165) is 5.69 Å². The highest BCUT2D eigenvalue weighted by molar-refractivity contribution is 6.03. The average Bonchev–Trinajstić information content (AvgIpc) is 3.34. The topological polar surface area (TPSA) is 105 Å². The van der Waals surface area contributed by atoms with Crippen LogP contribution in [0.1, 0.15) is 31.1 Å². The van der Waals surface area contributed by atoms with Gasteiger partial charge in [-0.3, -0.25) is 9.36 Å². The van der Waals surface area contributed by atoms with Crippen molar-refractivity contribution >= 4 is 23.5 Å². The summed E-state index contributed by atoms with van der Waals surface area (Å²) in [5.74, 6) is 0.846. The molecule has 0 radical (unpaired) electrons. The number of piperazine rings is 1. The number of nitrogens with one attached hydrogen (secondary N) is 1. The van der Waals surface area contributed by atoms with Crippen LogP contribution in [0.15, 0.2) is 55.4 Å². The summed E-state index contributed by atoms with van der Waals surface area (Å²) in [7, 11) is 0. The lowest BCUT2D eigenvalue weighted by Gasteiger charge is -2.36. The maximum atomic E-state index is 12.5. The molecule has 0 saturated carbocycles. The van der Waals surface area contributed by atoms with Crippen LogP contribution >= 0.6 is 0 Å². The fourth-order valence-corrected chi connectivity index (χ4v) is 3.38. The molecule has 10 heteroatoms. The number of nitrogens with zero attached hydrogens (tertiary/aromatic N) is 6. The monoisotopic (exact) mass is 449 g/mol. The van der Waals surface area contributed by atoms with E-state index in [1.807, 2.05) is 26.8 Å². The Morgan fingerprint density at radius 1 is 1.00 bits per heavy atom. The summed E-state index contributed by atoms with van der Waals surface area (Å²) in [5.41, 5.74) is 0.863. The molecule has 1 saturated heterocycles. The number of ether oxygens (including phenoxy) is 1. The van der Waals surface area contributed by atoms with E-state index in [0.29, 0.717) is 43.4 Å². The third-order valence-corrected chi connectivity index (χ3v) is 5.06. The molecular weight excluding hydrogens is 422 g/mol. The third-order valence-electron chi connectivity index (χ3n) is 5.06. The lowest BCUT2D eigenvalue weighted by Crippen LogP contribution is -2.50. The molecule has 0 aliphatic carbocycles. The number of pyridine rings is 2. The first-order valence-corrected chi connectivity index (χ1v) is 10.7. The number of hydrogen-bond donors (Lipinski definition) is 1. The number of hydrogen-bond acceptors (Lipinski definition) is 7. The number of imidazole rings is 1. The summed E-state index contributed by atoms with van der Waals surface area (Å²) >= 11 is 0. The van der Waals surface area contributed by atoms with Crippen LogP contribution in [0, 0.1) is 0 Å². The molecule has 33 heavy (non-hydrogen) atoms. The first kappa shape index (κ1) is 22.3. The molecule has 0 atom stereocenters. The van der Waals surface area contributed by atoms with Gasteiger partial charge in [-0.05, 0) is 45.0 Å². The first-order chi connectivity index (χ1) is 15.8. The Hall–Kier alpha value is -3.95. The van der Waals surface area contributed by atoms with Gasteiger partial charge < -0.3 is 19.9 Å². The van der Waals surface area contributed by atoms with Gasteiger partial charge in [-0.15, -0.1) is 0 Å². The molecule has 3 aromatic heterocycles. The Kier molecular flexibility index (Phi) is 6.25. The summed E-state index contributed by atoms with van der Waals surface area (Å²) in [6, 6.07) is 7.13. The van der Waals surface area contributed by atoms with Gasteiger partial charge in [0, 0.05) is 44.8 Å². The predicted molar refractivity (Wildman–Crippen MR) is 124 cm³/mol. The Balaban J connectivity index is 1.30. The van der Waals surface area contributed by atoms with Crippen LogP contribution in [0.2, 0.25) is 0 Å². The normalized spacial score (nSPS) is 14.2. The van der Waals surface area contributed by atoms with Crippen LogP contribution in [-0.4, -0.2) is 68.2 Å². The summed E-state index contributed by atoms with van der Waals surface area (Å²) in [6.07, 6.45) is 8.04. The Morgan fingerprint density at radius 3 is 2.36 bits per heavy atom. The van der Waals surface area contributed by atoms with Crippen molar-refractivity contribution in [1.82, 2.24) is 24.4 Å². The largest absolute Gasteiger partial charge is 0.444 e. The molecule has 0 bridgehead atoms. The average molecular weight is 450 g/mol. The van der Waals surface area contributed by atoms with Crippen molar-refractivity contribution in [2.75, 3.05) is 36.4 Å². The molecular formula is C23H27N7O3. The van der Waals surface area contributed by atoms with E-state index in [2.05, 4.69) is 25.2 Å². The van der Waals surface area contributed by atoms with Crippen molar-refractivity contribution in [3.63, 3.8) is 0 Å². The molecule has 0 aromatic carbocycles. The second kappa shape index (κ2) is 9.27. The van der Waals surface area contributed by atoms with Crippen molar-refractivity contribution in [2.24, 2.45) is 0 Å². The lowest BCUT2D eigenvalue weighted by molar-refractivity contribution is 0.0240. The molecule has 0 unspecified atom stereocenters. The van der Waals surface area contributed by atoms with E-state index in [1.54, 1.807) is 52.6 Å². The van der Waals surface area contributed by atoms with Crippen molar-refractivity contribution in [3.05, 3.63) is 60.9 Å². The molecule has 10 nitrogen and oxygen atoms in total. The fraction of sp³-hybridized carbons (Fsp3) is 0.348. The quantitative estimate of drug-likeness (QED) is 0.653. The molecule has 2 amide bonds. The summed E-state index contributed by atoms with van der Waals surface area (Å²) in [4.78, 5) is 41.3. The minimum Gasteiger partial charge on any atom is -0.444 e. The summed E-state index contributed by atoms with van der Waals surface area (Å²) < 4.78 is 7.20. The van der Waals surface area contributed by atoms with E-state index in [1.165, 1.54) is 6.20 Å². The smallest absolute Gasteiger partial charge is 0.410 e. The molecule has 172 valence electrons. The molecule has 1 N–H and O–H groups in total. The number of amides is 2.